The van der Waals surface area contributed by atoms with Crippen molar-refractivity contribution in [3.05, 3.63) is 71.4 Å². The first kappa shape index (κ1) is 16.2. The van der Waals surface area contributed by atoms with Gasteiger partial charge in [-0.3, -0.25) is 9.48 Å². The molecule has 3 aromatic heterocycles. The maximum atomic E-state index is 12.6. The number of hydrogen-bond acceptors (Lipinski definition) is 3. The number of anilines is 1. The van der Waals surface area contributed by atoms with Crippen LogP contribution in [0, 0.1) is 13.8 Å². The summed E-state index contributed by atoms with van der Waals surface area (Å²) in [6.45, 7) is 4.69. The average molecular weight is 348 g/mol. The van der Waals surface area contributed by atoms with E-state index < -0.39 is 0 Å². The molecular weight excluding hydrogens is 328 g/mol. The molecule has 0 aliphatic carbocycles. The summed E-state index contributed by atoms with van der Waals surface area (Å²) in [6.07, 6.45) is 1.62. The lowest BCUT2D eigenvalue weighted by molar-refractivity contribution is 0.101. The molecule has 26 heavy (non-hydrogen) atoms. The second-order valence-electron chi connectivity index (χ2n) is 6.50. The Labute approximate surface area is 151 Å². The Bertz CT molecular complexity index is 1100. The molecule has 6 heteroatoms. The van der Waals surface area contributed by atoms with Crippen LogP contribution >= 0.6 is 0 Å². The summed E-state index contributed by atoms with van der Waals surface area (Å²) in [5.74, 6) is -0.165. The molecule has 0 aliphatic heterocycles. The van der Waals surface area contributed by atoms with E-state index >= 15 is 0 Å². The van der Waals surface area contributed by atoms with E-state index in [0.717, 1.165) is 28.2 Å². The third-order valence-corrected chi connectivity index (χ3v) is 4.52. The maximum absolute atomic E-state index is 12.6. The van der Waals surface area contributed by atoms with Gasteiger partial charge in [-0.25, -0.2) is 0 Å². The van der Waals surface area contributed by atoms with Gasteiger partial charge >= 0.3 is 0 Å². The van der Waals surface area contributed by atoms with Gasteiger partial charge in [0.2, 0.25) is 0 Å². The summed E-state index contributed by atoms with van der Waals surface area (Å²) >= 11 is 0. The monoisotopic (exact) mass is 348 g/mol. The van der Waals surface area contributed by atoms with E-state index in [2.05, 4.69) is 16.5 Å². The number of aromatic nitrogens is 3. The van der Waals surface area contributed by atoms with Crippen molar-refractivity contribution < 1.29 is 9.21 Å². The minimum atomic E-state index is -0.165. The Hall–Kier alpha value is -3.28. The number of rotatable bonds is 4. The van der Waals surface area contributed by atoms with Gasteiger partial charge in [0.05, 0.1) is 24.0 Å². The van der Waals surface area contributed by atoms with Crippen molar-refractivity contribution in [3.8, 4) is 0 Å². The molecule has 6 nitrogen and oxygen atoms in total. The van der Waals surface area contributed by atoms with Gasteiger partial charge in [0.1, 0.15) is 5.69 Å². The average Bonchev–Trinajstić information content (AvgIpc) is 3.25. The number of furan rings is 1. The Balaban J connectivity index is 1.54. The molecule has 132 valence electrons. The number of amides is 1. The summed E-state index contributed by atoms with van der Waals surface area (Å²) in [6, 6.07) is 13.5. The molecule has 0 saturated heterocycles. The molecular formula is C20H20N4O2. The topological polar surface area (TPSA) is 65.0 Å². The summed E-state index contributed by atoms with van der Waals surface area (Å²) in [7, 11) is 1.85. The van der Waals surface area contributed by atoms with Gasteiger partial charge in [-0.05, 0) is 37.6 Å². The van der Waals surface area contributed by atoms with E-state index in [-0.39, 0.29) is 5.91 Å². The fraction of sp³-hybridized carbons (Fsp3) is 0.200. The first-order chi connectivity index (χ1) is 12.5. The first-order valence-electron chi connectivity index (χ1n) is 8.45. The van der Waals surface area contributed by atoms with Crippen molar-refractivity contribution in [2.75, 3.05) is 5.32 Å². The first-order valence-corrected chi connectivity index (χ1v) is 8.45. The Morgan fingerprint density at radius 2 is 2.04 bits per heavy atom. The molecule has 0 unspecified atom stereocenters. The predicted octanol–water partition coefficient (Wildman–Crippen LogP) is 3.89. The third kappa shape index (κ3) is 2.90. The molecule has 0 radical (unpaired) electrons. The van der Waals surface area contributed by atoms with E-state index in [1.165, 1.54) is 0 Å². The minimum absolute atomic E-state index is 0.165. The number of benzene rings is 1. The van der Waals surface area contributed by atoms with Crippen LogP contribution in [0.3, 0.4) is 0 Å². The number of fused-ring (bicyclic) bond motifs is 1. The van der Waals surface area contributed by atoms with Gasteiger partial charge in [0, 0.05) is 30.6 Å². The lowest BCUT2D eigenvalue weighted by Crippen LogP contribution is -2.15. The van der Waals surface area contributed by atoms with Crippen LogP contribution < -0.4 is 5.32 Å². The largest absolute Gasteiger partial charge is 0.463 e. The third-order valence-electron chi connectivity index (χ3n) is 4.52. The molecule has 4 aromatic rings. The number of hydrogen-bond donors (Lipinski definition) is 1. The number of aryl methyl sites for hydroxylation is 3. The van der Waals surface area contributed by atoms with Crippen LogP contribution in [0.4, 0.5) is 5.69 Å². The zero-order chi connectivity index (χ0) is 18.3. The Morgan fingerprint density at radius 1 is 1.19 bits per heavy atom. The van der Waals surface area contributed by atoms with Crippen LogP contribution in [0.2, 0.25) is 0 Å². The number of carbonyl (C=O) groups excluding carboxylic acids is 1. The summed E-state index contributed by atoms with van der Waals surface area (Å²) in [4.78, 5) is 12.6. The molecule has 3 heterocycles. The zero-order valence-corrected chi connectivity index (χ0v) is 15.0. The molecule has 0 aliphatic rings. The second-order valence-corrected chi connectivity index (χ2v) is 6.50. The number of nitrogens with one attached hydrogen (secondary N) is 1. The van der Waals surface area contributed by atoms with E-state index in [0.29, 0.717) is 17.8 Å². The zero-order valence-electron chi connectivity index (χ0n) is 15.0. The highest BCUT2D eigenvalue weighted by molar-refractivity contribution is 6.05. The Kier molecular flexibility index (Phi) is 3.88. The van der Waals surface area contributed by atoms with Crippen LogP contribution in [0.5, 0.6) is 0 Å². The van der Waals surface area contributed by atoms with Crippen LogP contribution in [-0.2, 0) is 13.6 Å². The van der Waals surface area contributed by atoms with Gasteiger partial charge in [-0.1, -0.05) is 12.1 Å². The van der Waals surface area contributed by atoms with Crippen LogP contribution in [-0.4, -0.2) is 20.3 Å². The molecule has 0 saturated carbocycles. The lowest BCUT2D eigenvalue weighted by atomic mass is 10.2. The highest BCUT2D eigenvalue weighted by Crippen LogP contribution is 2.21. The molecule has 0 spiro atoms. The van der Waals surface area contributed by atoms with Gasteiger partial charge in [-0.15, -0.1) is 0 Å². The number of nitrogens with zero attached hydrogens (tertiary/aromatic N) is 3. The predicted molar refractivity (Wildman–Crippen MR) is 100 cm³/mol. The fourth-order valence-corrected chi connectivity index (χ4v) is 3.22. The van der Waals surface area contributed by atoms with Gasteiger partial charge in [-0.2, -0.15) is 5.10 Å². The molecule has 1 amide bonds. The fourth-order valence-electron chi connectivity index (χ4n) is 3.22. The van der Waals surface area contributed by atoms with E-state index in [1.54, 1.807) is 12.3 Å². The SMILES string of the molecule is Cc1cc(C)n(Cc2cccc(NC(=O)c3cc4occc4n3C)c2)n1. The molecule has 1 N–H and O–H groups in total. The van der Waals surface area contributed by atoms with Crippen molar-refractivity contribution in [2.45, 2.75) is 20.4 Å². The van der Waals surface area contributed by atoms with Gasteiger partial charge in [0.25, 0.3) is 5.91 Å². The van der Waals surface area contributed by atoms with Crippen molar-refractivity contribution in [1.29, 1.82) is 0 Å². The van der Waals surface area contributed by atoms with Gasteiger partial charge in [0.15, 0.2) is 5.58 Å². The van der Waals surface area contributed by atoms with Crippen LogP contribution in [0.1, 0.15) is 27.4 Å². The summed E-state index contributed by atoms with van der Waals surface area (Å²) in [5, 5.41) is 7.45. The Morgan fingerprint density at radius 3 is 2.77 bits per heavy atom. The lowest BCUT2D eigenvalue weighted by Gasteiger charge is -2.09. The summed E-state index contributed by atoms with van der Waals surface area (Å²) in [5.41, 5.74) is 6.11. The van der Waals surface area contributed by atoms with E-state index in [1.807, 2.05) is 60.5 Å². The van der Waals surface area contributed by atoms with E-state index in [4.69, 9.17) is 4.42 Å². The molecule has 4 rings (SSSR count). The normalized spacial score (nSPS) is 11.2. The van der Waals surface area contributed by atoms with Crippen LogP contribution in [0.25, 0.3) is 11.1 Å². The quantitative estimate of drug-likeness (QED) is 0.608. The molecule has 0 bridgehead atoms. The van der Waals surface area contributed by atoms with Crippen molar-refractivity contribution >= 4 is 22.7 Å². The van der Waals surface area contributed by atoms with Crippen molar-refractivity contribution in [1.82, 2.24) is 14.3 Å². The van der Waals surface area contributed by atoms with Crippen molar-refractivity contribution in [2.24, 2.45) is 7.05 Å². The van der Waals surface area contributed by atoms with E-state index in [9.17, 15) is 4.79 Å². The van der Waals surface area contributed by atoms with Crippen LogP contribution in [0.15, 0.2) is 53.1 Å². The maximum Gasteiger partial charge on any atom is 0.272 e. The minimum Gasteiger partial charge on any atom is -0.463 e. The summed E-state index contributed by atoms with van der Waals surface area (Å²) < 4.78 is 9.16. The molecule has 0 atom stereocenters. The van der Waals surface area contributed by atoms with Crippen molar-refractivity contribution in [3.63, 3.8) is 0 Å². The highest BCUT2D eigenvalue weighted by atomic mass is 16.3. The molecule has 0 fully saturated rings. The smallest absolute Gasteiger partial charge is 0.272 e. The highest BCUT2D eigenvalue weighted by Gasteiger charge is 2.15. The molecule has 1 aromatic carbocycles. The standard InChI is InChI=1S/C20H20N4O2/c1-13-9-14(2)24(22-13)12-15-5-4-6-16(10-15)21-20(25)18-11-19-17(23(18)3)7-8-26-19/h4-11H,12H2,1-3H3,(H,21,25). The number of carbonyl (C=O) groups is 1. The van der Waals surface area contributed by atoms with Gasteiger partial charge < -0.3 is 14.3 Å². The second kappa shape index (κ2) is 6.22.